The standard InChI is InChI=1S/C8H15NO4/c1-8(2)12-5-6(13-8)7(10)9(3)11-4/h6H,5H2,1-4H3. The minimum atomic E-state index is -0.672. The van der Waals surface area contributed by atoms with Crippen LogP contribution in [0, 0.1) is 0 Å². The number of ether oxygens (including phenoxy) is 2. The van der Waals surface area contributed by atoms with Crippen LogP contribution in [0.15, 0.2) is 0 Å². The largest absolute Gasteiger partial charge is 0.347 e. The Morgan fingerprint density at radius 2 is 2.23 bits per heavy atom. The summed E-state index contributed by atoms with van der Waals surface area (Å²) in [5.74, 6) is -0.900. The van der Waals surface area contributed by atoms with Crippen LogP contribution >= 0.6 is 0 Å². The Labute approximate surface area is 77.5 Å². The zero-order valence-electron chi connectivity index (χ0n) is 8.36. The summed E-state index contributed by atoms with van der Waals surface area (Å²) in [6.45, 7) is 3.82. The van der Waals surface area contributed by atoms with Crippen LogP contribution in [0.1, 0.15) is 13.8 Å². The molecule has 0 aromatic heterocycles. The van der Waals surface area contributed by atoms with Crippen molar-refractivity contribution in [1.29, 1.82) is 0 Å². The highest BCUT2D eigenvalue weighted by Crippen LogP contribution is 2.23. The van der Waals surface area contributed by atoms with E-state index in [0.29, 0.717) is 0 Å². The Kier molecular flexibility index (Phi) is 2.90. The molecule has 1 atom stereocenters. The van der Waals surface area contributed by atoms with Crippen molar-refractivity contribution in [3.05, 3.63) is 0 Å². The molecule has 0 bridgehead atoms. The van der Waals surface area contributed by atoms with E-state index in [4.69, 9.17) is 14.3 Å². The second-order valence-electron chi connectivity index (χ2n) is 3.34. The molecule has 1 aliphatic rings. The predicted molar refractivity (Wildman–Crippen MR) is 44.7 cm³/mol. The number of hydroxylamine groups is 2. The molecule has 0 aromatic rings. The lowest BCUT2D eigenvalue weighted by atomic mass is 10.3. The van der Waals surface area contributed by atoms with Gasteiger partial charge in [-0.15, -0.1) is 0 Å². The Balaban J connectivity index is 2.51. The van der Waals surface area contributed by atoms with Gasteiger partial charge in [-0.25, -0.2) is 5.06 Å². The van der Waals surface area contributed by atoms with Gasteiger partial charge in [0.1, 0.15) is 0 Å². The smallest absolute Gasteiger partial charge is 0.277 e. The van der Waals surface area contributed by atoms with Crippen molar-refractivity contribution in [2.45, 2.75) is 25.7 Å². The quantitative estimate of drug-likeness (QED) is 0.580. The Morgan fingerprint density at radius 3 is 2.62 bits per heavy atom. The predicted octanol–water partition coefficient (Wildman–Crippen LogP) is 0.158. The van der Waals surface area contributed by atoms with Crippen LogP contribution in [0.2, 0.25) is 0 Å². The maximum absolute atomic E-state index is 11.5. The van der Waals surface area contributed by atoms with Gasteiger partial charge in [0.2, 0.25) is 0 Å². The SMILES string of the molecule is CON(C)C(=O)C1COC(C)(C)O1. The third kappa shape index (κ3) is 2.40. The van der Waals surface area contributed by atoms with Gasteiger partial charge >= 0.3 is 0 Å². The van der Waals surface area contributed by atoms with Gasteiger partial charge in [0, 0.05) is 7.05 Å². The molecule has 0 aromatic carbocycles. The summed E-state index contributed by atoms with van der Waals surface area (Å²) in [7, 11) is 2.97. The summed E-state index contributed by atoms with van der Waals surface area (Å²) in [4.78, 5) is 16.2. The maximum atomic E-state index is 11.5. The van der Waals surface area contributed by atoms with E-state index in [1.807, 2.05) is 0 Å². The van der Waals surface area contributed by atoms with Crippen molar-refractivity contribution in [2.75, 3.05) is 20.8 Å². The Hall–Kier alpha value is -0.650. The van der Waals surface area contributed by atoms with Gasteiger partial charge in [-0.2, -0.15) is 0 Å². The number of amides is 1. The van der Waals surface area contributed by atoms with Gasteiger partial charge in [-0.1, -0.05) is 0 Å². The monoisotopic (exact) mass is 189 g/mol. The fourth-order valence-electron chi connectivity index (χ4n) is 1.10. The van der Waals surface area contributed by atoms with Gasteiger partial charge in [-0.3, -0.25) is 9.63 Å². The first kappa shape index (κ1) is 10.4. The highest BCUT2D eigenvalue weighted by Gasteiger charge is 2.38. The zero-order chi connectivity index (χ0) is 10.1. The summed E-state index contributed by atoms with van der Waals surface area (Å²) in [5, 5.41) is 1.13. The van der Waals surface area contributed by atoms with E-state index in [1.54, 1.807) is 13.8 Å². The summed E-state index contributed by atoms with van der Waals surface area (Å²) in [5.41, 5.74) is 0. The first-order chi connectivity index (χ1) is 5.96. The zero-order valence-corrected chi connectivity index (χ0v) is 8.36. The van der Waals surface area contributed by atoms with Crippen molar-refractivity contribution < 1.29 is 19.1 Å². The van der Waals surface area contributed by atoms with Crippen LogP contribution in [0.5, 0.6) is 0 Å². The van der Waals surface area contributed by atoms with E-state index >= 15 is 0 Å². The van der Waals surface area contributed by atoms with Crippen LogP contribution in [0.25, 0.3) is 0 Å². The van der Waals surface area contributed by atoms with E-state index in [1.165, 1.54) is 14.2 Å². The van der Waals surface area contributed by atoms with E-state index < -0.39 is 11.9 Å². The Bertz CT molecular complexity index is 204. The molecule has 1 rings (SSSR count). The third-order valence-electron chi connectivity index (χ3n) is 1.87. The molecule has 1 heterocycles. The lowest BCUT2D eigenvalue weighted by Crippen LogP contribution is -2.38. The molecule has 5 nitrogen and oxygen atoms in total. The molecule has 0 N–H and O–H groups in total. The number of hydrogen-bond acceptors (Lipinski definition) is 4. The van der Waals surface area contributed by atoms with Crippen molar-refractivity contribution in [3.8, 4) is 0 Å². The van der Waals surface area contributed by atoms with Crippen LogP contribution in [0.3, 0.4) is 0 Å². The second-order valence-corrected chi connectivity index (χ2v) is 3.34. The summed E-state index contributed by atoms with van der Waals surface area (Å²) in [6.07, 6.45) is -0.556. The van der Waals surface area contributed by atoms with Gasteiger partial charge in [-0.05, 0) is 13.8 Å². The number of carbonyl (C=O) groups is 1. The van der Waals surface area contributed by atoms with Crippen LogP contribution < -0.4 is 0 Å². The molecule has 76 valence electrons. The molecule has 1 fully saturated rings. The number of hydrogen-bond donors (Lipinski definition) is 0. The maximum Gasteiger partial charge on any atom is 0.277 e. The summed E-state index contributed by atoms with van der Waals surface area (Å²) < 4.78 is 10.6. The fourth-order valence-corrected chi connectivity index (χ4v) is 1.10. The lowest BCUT2D eigenvalue weighted by molar-refractivity contribution is -0.187. The second kappa shape index (κ2) is 3.61. The summed E-state index contributed by atoms with van der Waals surface area (Å²) in [6, 6.07) is 0. The average Bonchev–Trinajstić information content (AvgIpc) is 2.43. The highest BCUT2D eigenvalue weighted by molar-refractivity contribution is 5.80. The van der Waals surface area contributed by atoms with Crippen LogP contribution in [-0.2, 0) is 19.1 Å². The van der Waals surface area contributed by atoms with E-state index in [-0.39, 0.29) is 12.5 Å². The lowest BCUT2D eigenvalue weighted by Gasteiger charge is -2.19. The number of rotatable bonds is 2. The molecule has 1 saturated heterocycles. The first-order valence-corrected chi connectivity index (χ1v) is 4.10. The van der Waals surface area contributed by atoms with Crippen molar-refractivity contribution in [3.63, 3.8) is 0 Å². The molecule has 1 amide bonds. The molecule has 0 spiro atoms. The molecule has 5 heteroatoms. The van der Waals surface area contributed by atoms with Crippen LogP contribution in [-0.4, -0.2) is 43.6 Å². The molecule has 1 unspecified atom stereocenters. The number of carbonyl (C=O) groups excluding carboxylic acids is 1. The Morgan fingerprint density at radius 1 is 1.62 bits per heavy atom. The molecule has 13 heavy (non-hydrogen) atoms. The highest BCUT2D eigenvalue weighted by atomic mass is 16.8. The molecule has 0 radical (unpaired) electrons. The molecular weight excluding hydrogens is 174 g/mol. The van der Waals surface area contributed by atoms with Gasteiger partial charge in [0.25, 0.3) is 5.91 Å². The fraction of sp³-hybridized carbons (Fsp3) is 0.875. The molecule has 0 saturated carbocycles. The molecular formula is C8H15NO4. The van der Waals surface area contributed by atoms with Gasteiger partial charge in [0.05, 0.1) is 13.7 Å². The van der Waals surface area contributed by atoms with E-state index in [9.17, 15) is 4.79 Å². The van der Waals surface area contributed by atoms with Crippen LogP contribution in [0.4, 0.5) is 0 Å². The van der Waals surface area contributed by atoms with Crippen molar-refractivity contribution in [2.24, 2.45) is 0 Å². The van der Waals surface area contributed by atoms with Crippen molar-refractivity contribution >= 4 is 5.91 Å². The minimum Gasteiger partial charge on any atom is -0.347 e. The molecule has 1 aliphatic heterocycles. The first-order valence-electron chi connectivity index (χ1n) is 4.10. The van der Waals surface area contributed by atoms with E-state index in [2.05, 4.69) is 0 Å². The van der Waals surface area contributed by atoms with E-state index in [0.717, 1.165) is 5.06 Å². The third-order valence-corrected chi connectivity index (χ3v) is 1.87. The topological polar surface area (TPSA) is 48.0 Å². The van der Waals surface area contributed by atoms with Gasteiger partial charge < -0.3 is 9.47 Å². The average molecular weight is 189 g/mol. The van der Waals surface area contributed by atoms with Gasteiger partial charge in [0.15, 0.2) is 11.9 Å². The summed E-state index contributed by atoms with van der Waals surface area (Å²) >= 11 is 0. The van der Waals surface area contributed by atoms with Crippen molar-refractivity contribution in [1.82, 2.24) is 5.06 Å². The number of nitrogens with zero attached hydrogens (tertiary/aromatic N) is 1. The molecule has 0 aliphatic carbocycles. The normalized spacial score (nSPS) is 26.0. The number of likely N-dealkylation sites (N-methyl/N-ethyl adjacent to an activating group) is 1. The minimum absolute atomic E-state index is 0.229.